The summed E-state index contributed by atoms with van der Waals surface area (Å²) in [5.74, 6) is -0.0414. The molecule has 1 N–H and O–H groups in total. The lowest BCUT2D eigenvalue weighted by Gasteiger charge is -2.07. The Kier molecular flexibility index (Phi) is 5.41. The Labute approximate surface area is 135 Å². The molecule has 20 heavy (non-hydrogen) atoms. The van der Waals surface area contributed by atoms with Gasteiger partial charge in [-0.2, -0.15) is 0 Å². The van der Waals surface area contributed by atoms with Crippen LogP contribution in [-0.2, 0) is 4.79 Å². The first kappa shape index (κ1) is 15.7. The van der Waals surface area contributed by atoms with Crippen LogP contribution in [0, 0.1) is 6.92 Å². The molecule has 3 nitrogen and oxygen atoms in total. The highest BCUT2D eigenvalue weighted by atomic mass is 79.9. The summed E-state index contributed by atoms with van der Waals surface area (Å²) in [6, 6.07) is 3.83. The van der Waals surface area contributed by atoms with Crippen LogP contribution in [0.5, 0.6) is 0 Å². The van der Waals surface area contributed by atoms with Crippen molar-refractivity contribution in [3.63, 3.8) is 0 Å². The predicted molar refractivity (Wildman–Crippen MR) is 90.2 cm³/mol. The normalized spacial score (nSPS) is 12.6. The number of carbonyl (C=O) groups is 1. The minimum absolute atomic E-state index is 0.0414. The van der Waals surface area contributed by atoms with Crippen LogP contribution in [-0.4, -0.2) is 15.7 Å². The molecule has 1 amide bonds. The van der Waals surface area contributed by atoms with Crippen molar-refractivity contribution in [2.24, 2.45) is 0 Å². The molecule has 108 valence electrons. The minimum Gasteiger partial charge on any atom is -0.301 e. The SMILES string of the molecule is CCCCC(Br)C(=O)Nc1nc2cc(Cl)c(C)cc2s1. The van der Waals surface area contributed by atoms with Gasteiger partial charge in [0.15, 0.2) is 5.13 Å². The number of nitrogens with zero attached hydrogens (tertiary/aromatic N) is 1. The van der Waals surface area contributed by atoms with Gasteiger partial charge in [0, 0.05) is 5.02 Å². The molecule has 6 heteroatoms. The van der Waals surface area contributed by atoms with E-state index in [2.05, 4.69) is 33.2 Å². The number of anilines is 1. The average Bonchev–Trinajstić information content (AvgIpc) is 2.77. The quantitative estimate of drug-likeness (QED) is 0.734. The number of hydrogen-bond acceptors (Lipinski definition) is 3. The zero-order valence-electron chi connectivity index (χ0n) is 11.4. The maximum Gasteiger partial charge on any atom is 0.239 e. The van der Waals surface area contributed by atoms with E-state index in [0.717, 1.165) is 35.0 Å². The maximum atomic E-state index is 12.0. The van der Waals surface area contributed by atoms with Gasteiger partial charge in [0.05, 0.1) is 15.0 Å². The molecule has 0 spiro atoms. The molecule has 1 heterocycles. The van der Waals surface area contributed by atoms with Crippen molar-refractivity contribution in [3.8, 4) is 0 Å². The summed E-state index contributed by atoms with van der Waals surface area (Å²) >= 11 is 11.0. The van der Waals surface area contributed by atoms with Crippen LogP contribution in [0.1, 0.15) is 31.7 Å². The number of thiazole rings is 1. The van der Waals surface area contributed by atoms with E-state index >= 15 is 0 Å². The molecule has 0 saturated heterocycles. The standard InChI is InChI=1S/C14H16BrClN2OS/c1-3-4-5-9(15)13(19)18-14-17-11-7-10(16)8(2)6-12(11)20-14/h6-7,9H,3-5H2,1-2H3,(H,17,18,19). The second kappa shape index (κ2) is 6.87. The topological polar surface area (TPSA) is 42.0 Å². The van der Waals surface area contributed by atoms with Crippen molar-refractivity contribution in [3.05, 3.63) is 22.7 Å². The van der Waals surface area contributed by atoms with Gasteiger partial charge >= 0.3 is 0 Å². The number of halogens is 2. The Morgan fingerprint density at radius 1 is 1.55 bits per heavy atom. The van der Waals surface area contributed by atoms with Gasteiger partial charge in [0.1, 0.15) is 0 Å². The summed E-state index contributed by atoms with van der Waals surface area (Å²) < 4.78 is 1.03. The first-order valence-electron chi connectivity index (χ1n) is 6.53. The molecule has 0 saturated carbocycles. The summed E-state index contributed by atoms with van der Waals surface area (Å²) in [5, 5.41) is 4.17. The van der Waals surface area contributed by atoms with Gasteiger partial charge in [0.25, 0.3) is 0 Å². The van der Waals surface area contributed by atoms with E-state index in [1.165, 1.54) is 11.3 Å². The lowest BCUT2D eigenvalue weighted by atomic mass is 10.2. The molecular formula is C14H16BrClN2OS. The number of hydrogen-bond donors (Lipinski definition) is 1. The smallest absolute Gasteiger partial charge is 0.239 e. The number of rotatable bonds is 5. The molecule has 2 aromatic rings. The number of fused-ring (bicyclic) bond motifs is 1. The molecule has 0 radical (unpaired) electrons. The first-order valence-corrected chi connectivity index (χ1v) is 8.64. The zero-order valence-corrected chi connectivity index (χ0v) is 14.5. The van der Waals surface area contributed by atoms with Gasteiger partial charge in [-0.05, 0) is 31.0 Å². The molecule has 1 aromatic heterocycles. The van der Waals surface area contributed by atoms with E-state index in [-0.39, 0.29) is 10.7 Å². The Morgan fingerprint density at radius 3 is 3.00 bits per heavy atom. The number of aryl methyl sites for hydroxylation is 1. The second-order valence-corrected chi connectivity index (χ2v) is 7.23. The molecule has 0 aliphatic heterocycles. The van der Waals surface area contributed by atoms with Crippen molar-refractivity contribution >= 4 is 60.1 Å². The van der Waals surface area contributed by atoms with Crippen molar-refractivity contribution in [1.82, 2.24) is 4.98 Å². The summed E-state index contributed by atoms with van der Waals surface area (Å²) in [6.07, 6.45) is 2.93. The molecule has 1 aromatic carbocycles. The third-order valence-electron chi connectivity index (χ3n) is 2.99. The Morgan fingerprint density at radius 2 is 2.30 bits per heavy atom. The van der Waals surface area contributed by atoms with Crippen LogP contribution < -0.4 is 5.32 Å². The van der Waals surface area contributed by atoms with Crippen molar-refractivity contribution < 1.29 is 4.79 Å². The number of aromatic nitrogens is 1. The van der Waals surface area contributed by atoms with E-state index in [0.29, 0.717) is 10.2 Å². The average molecular weight is 376 g/mol. The lowest BCUT2D eigenvalue weighted by Crippen LogP contribution is -2.22. The number of alkyl halides is 1. The van der Waals surface area contributed by atoms with E-state index in [4.69, 9.17) is 11.6 Å². The highest BCUT2D eigenvalue weighted by Crippen LogP contribution is 2.30. The molecular weight excluding hydrogens is 360 g/mol. The Bertz CT molecular complexity index is 590. The molecule has 0 aliphatic carbocycles. The first-order chi connectivity index (χ1) is 9.51. The number of amides is 1. The van der Waals surface area contributed by atoms with Crippen molar-refractivity contribution in [2.75, 3.05) is 5.32 Å². The highest BCUT2D eigenvalue weighted by molar-refractivity contribution is 9.10. The summed E-state index contributed by atoms with van der Waals surface area (Å²) in [6.45, 7) is 4.07. The molecule has 2 rings (SSSR count). The van der Waals surface area contributed by atoms with E-state index in [9.17, 15) is 4.79 Å². The van der Waals surface area contributed by atoms with Crippen molar-refractivity contribution in [2.45, 2.75) is 37.9 Å². The summed E-state index contributed by atoms with van der Waals surface area (Å²) in [7, 11) is 0. The number of benzene rings is 1. The van der Waals surface area contributed by atoms with Gasteiger partial charge in [-0.25, -0.2) is 4.98 Å². The largest absolute Gasteiger partial charge is 0.301 e. The molecule has 1 unspecified atom stereocenters. The third kappa shape index (κ3) is 3.71. The summed E-state index contributed by atoms with van der Waals surface area (Å²) in [4.78, 5) is 16.2. The number of unbranched alkanes of at least 4 members (excludes halogenated alkanes) is 1. The molecule has 1 atom stereocenters. The van der Waals surface area contributed by atoms with Crippen LogP contribution >= 0.6 is 38.9 Å². The number of nitrogens with one attached hydrogen (secondary N) is 1. The van der Waals surface area contributed by atoms with Crippen molar-refractivity contribution in [1.29, 1.82) is 0 Å². The van der Waals surface area contributed by atoms with Crippen LogP contribution in [0.3, 0.4) is 0 Å². The van der Waals surface area contributed by atoms with Gasteiger partial charge in [-0.3, -0.25) is 4.79 Å². The predicted octanol–water partition coefficient (Wildman–Crippen LogP) is 5.15. The lowest BCUT2D eigenvalue weighted by molar-refractivity contribution is -0.115. The highest BCUT2D eigenvalue weighted by Gasteiger charge is 2.16. The maximum absolute atomic E-state index is 12.0. The fourth-order valence-electron chi connectivity index (χ4n) is 1.80. The fourth-order valence-corrected chi connectivity index (χ4v) is 3.35. The van der Waals surface area contributed by atoms with Crippen LogP contribution in [0.15, 0.2) is 12.1 Å². The van der Waals surface area contributed by atoms with E-state index < -0.39 is 0 Å². The van der Waals surface area contributed by atoms with Crippen LogP contribution in [0.4, 0.5) is 5.13 Å². The fraction of sp³-hybridized carbons (Fsp3) is 0.429. The minimum atomic E-state index is -0.167. The van der Waals surface area contributed by atoms with E-state index in [1.54, 1.807) is 0 Å². The van der Waals surface area contributed by atoms with E-state index in [1.807, 2.05) is 19.1 Å². The molecule has 0 aliphatic rings. The van der Waals surface area contributed by atoms with Gasteiger partial charge < -0.3 is 5.32 Å². The van der Waals surface area contributed by atoms with Crippen LogP contribution in [0.25, 0.3) is 10.2 Å². The molecule has 0 bridgehead atoms. The van der Waals surface area contributed by atoms with Gasteiger partial charge in [0.2, 0.25) is 5.91 Å². The number of carbonyl (C=O) groups excluding carboxylic acids is 1. The second-order valence-electron chi connectivity index (χ2n) is 4.69. The zero-order chi connectivity index (χ0) is 14.7. The van der Waals surface area contributed by atoms with Gasteiger partial charge in [-0.1, -0.05) is 58.6 Å². The summed E-state index contributed by atoms with van der Waals surface area (Å²) in [5.41, 5.74) is 1.84. The van der Waals surface area contributed by atoms with Gasteiger partial charge in [-0.15, -0.1) is 0 Å². The molecule has 0 fully saturated rings. The Balaban J connectivity index is 2.12. The monoisotopic (exact) mass is 374 g/mol. The Hall–Kier alpha value is -0.650. The van der Waals surface area contributed by atoms with Crippen LogP contribution in [0.2, 0.25) is 5.02 Å². The third-order valence-corrected chi connectivity index (χ3v) is 5.21.